The zero-order valence-electron chi connectivity index (χ0n) is 14.1. The first-order valence-corrected chi connectivity index (χ1v) is 8.33. The van der Waals surface area contributed by atoms with Gasteiger partial charge in [-0.25, -0.2) is 13.8 Å². The average Bonchev–Trinajstić information content (AvgIpc) is 2.79. The summed E-state index contributed by atoms with van der Waals surface area (Å²) in [6.45, 7) is 7.65. The molecule has 24 heavy (non-hydrogen) atoms. The van der Waals surface area contributed by atoms with Gasteiger partial charge in [0.2, 0.25) is 0 Å². The maximum absolute atomic E-state index is 13.4. The van der Waals surface area contributed by atoms with E-state index in [9.17, 15) is 8.78 Å². The van der Waals surface area contributed by atoms with Crippen LogP contribution in [0.5, 0.6) is 0 Å². The summed E-state index contributed by atoms with van der Waals surface area (Å²) in [7, 11) is 0. The van der Waals surface area contributed by atoms with Crippen LogP contribution in [0.1, 0.15) is 37.2 Å². The SMILES string of the molecule is CC(C)OCc1ncn2c1CN(Cc1ccc(F)c(F)c1)CCC2. The molecule has 0 radical (unpaired) electrons. The zero-order chi connectivity index (χ0) is 17.1. The van der Waals surface area contributed by atoms with Crippen molar-refractivity contribution in [2.45, 2.75) is 52.6 Å². The number of imidazole rings is 1. The maximum Gasteiger partial charge on any atom is 0.159 e. The molecule has 0 aliphatic carbocycles. The van der Waals surface area contributed by atoms with Crippen LogP contribution >= 0.6 is 0 Å². The van der Waals surface area contributed by atoms with Crippen LogP contribution < -0.4 is 0 Å². The molecule has 0 fully saturated rings. The van der Waals surface area contributed by atoms with Crippen molar-refractivity contribution >= 4 is 0 Å². The van der Waals surface area contributed by atoms with Crippen molar-refractivity contribution in [2.75, 3.05) is 6.54 Å². The van der Waals surface area contributed by atoms with Gasteiger partial charge >= 0.3 is 0 Å². The highest BCUT2D eigenvalue weighted by Crippen LogP contribution is 2.20. The van der Waals surface area contributed by atoms with Gasteiger partial charge in [0.15, 0.2) is 11.6 Å². The predicted octanol–water partition coefficient (Wildman–Crippen LogP) is 3.49. The van der Waals surface area contributed by atoms with Crippen LogP contribution in [0.15, 0.2) is 24.5 Å². The first kappa shape index (κ1) is 17.0. The lowest BCUT2D eigenvalue weighted by Gasteiger charge is -2.20. The monoisotopic (exact) mass is 335 g/mol. The second-order valence-electron chi connectivity index (χ2n) is 6.50. The molecule has 1 aliphatic rings. The fourth-order valence-electron chi connectivity index (χ4n) is 2.98. The molecule has 0 spiro atoms. The third kappa shape index (κ3) is 3.99. The Kier molecular flexibility index (Phi) is 5.26. The summed E-state index contributed by atoms with van der Waals surface area (Å²) in [5.74, 6) is -1.60. The van der Waals surface area contributed by atoms with Crippen molar-refractivity contribution in [1.82, 2.24) is 14.5 Å². The number of ether oxygens (including phenoxy) is 1. The van der Waals surface area contributed by atoms with E-state index >= 15 is 0 Å². The quantitative estimate of drug-likeness (QED) is 0.838. The number of aryl methyl sites for hydroxylation is 1. The Morgan fingerprint density at radius 2 is 2.04 bits per heavy atom. The fraction of sp³-hybridized carbons (Fsp3) is 0.500. The number of aromatic nitrogens is 2. The molecule has 0 unspecified atom stereocenters. The maximum atomic E-state index is 13.4. The topological polar surface area (TPSA) is 30.3 Å². The van der Waals surface area contributed by atoms with Crippen LogP contribution in [0.25, 0.3) is 0 Å². The van der Waals surface area contributed by atoms with Gasteiger partial charge in [-0.1, -0.05) is 6.07 Å². The molecule has 1 aromatic heterocycles. The third-order valence-corrected chi connectivity index (χ3v) is 4.22. The first-order valence-electron chi connectivity index (χ1n) is 8.33. The number of halogens is 2. The zero-order valence-corrected chi connectivity index (χ0v) is 14.1. The molecule has 3 rings (SSSR count). The van der Waals surface area contributed by atoms with E-state index in [0.717, 1.165) is 43.0 Å². The van der Waals surface area contributed by atoms with Gasteiger partial charge in [-0.2, -0.15) is 0 Å². The Morgan fingerprint density at radius 3 is 2.79 bits per heavy atom. The highest BCUT2D eigenvalue weighted by Gasteiger charge is 2.19. The Bertz CT molecular complexity index is 700. The molecule has 4 nitrogen and oxygen atoms in total. The molecule has 0 saturated carbocycles. The van der Waals surface area contributed by atoms with Gasteiger partial charge in [0, 0.05) is 26.2 Å². The molecule has 1 aromatic carbocycles. The molecule has 0 saturated heterocycles. The van der Waals surface area contributed by atoms with Crippen molar-refractivity contribution < 1.29 is 13.5 Å². The number of nitrogens with zero attached hydrogens (tertiary/aromatic N) is 3. The molecular weight excluding hydrogens is 312 g/mol. The van der Waals surface area contributed by atoms with Crippen LogP contribution in [0, 0.1) is 11.6 Å². The van der Waals surface area contributed by atoms with Crippen LogP contribution in [-0.2, 0) is 31.0 Å². The molecule has 0 bridgehead atoms. The highest BCUT2D eigenvalue weighted by atomic mass is 19.2. The van der Waals surface area contributed by atoms with Crippen LogP contribution in [0.4, 0.5) is 8.78 Å². The van der Waals surface area contributed by atoms with E-state index in [4.69, 9.17) is 4.74 Å². The summed E-state index contributed by atoms with van der Waals surface area (Å²) in [6, 6.07) is 4.11. The number of hydrogen-bond acceptors (Lipinski definition) is 3. The molecular formula is C18H23F2N3O. The van der Waals surface area contributed by atoms with E-state index < -0.39 is 11.6 Å². The Labute approximate surface area is 141 Å². The smallest absolute Gasteiger partial charge is 0.159 e. The lowest BCUT2D eigenvalue weighted by molar-refractivity contribution is 0.0628. The van der Waals surface area contributed by atoms with E-state index in [0.29, 0.717) is 13.2 Å². The number of rotatable bonds is 5. The van der Waals surface area contributed by atoms with Crippen molar-refractivity contribution in [3.63, 3.8) is 0 Å². The average molecular weight is 335 g/mol. The summed E-state index contributed by atoms with van der Waals surface area (Å²) in [5.41, 5.74) is 2.89. The molecule has 2 heterocycles. The number of benzene rings is 1. The predicted molar refractivity (Wildman–Crippen MR) is 87.2 cm³/mol. The molecule has 1 aliphatic heterocycles. The van der Waals surface area contributed by atoms with Crippen molar-refractivity contribution in [1.29, 1.82) is 0 Å². The standard InChI is InChI=1S/C18H23F2N3O/c1-13(2)24-11-17-18-10-22(6-3-7-23(18)12-21-17)9-14-4-5-15(19)16(20)8-14/h4-5,8,12-13H,3,6-7,9-11H2,1-2H3. The van der Waals surface area contributed by atoms with Crippen molar-refractivity contribution in [2.24, 2.45) is 0 Å². The Hall–Kier alpha value is -1.79. The van der Waals surface area contributed by atoms with E-state index in [2.05, 4.69) is 14.5 Å². The molecule has 2 aromatic rings. The summed E-state index contributed by atoms with van der Waals surface area (Å²) >= 11 is 0. The van der Waals surface area contributed by atoms with Gasteiger partial charge < -0.3 is 9.30 Å². The van der Waals surface area contributed by atoms with Crippen molar-refractivity contribution in [3.8, 4) is 0 Å². The lowest BCUT2D eigenvalue weighted by Crippen LogP contribution is -2.23. The first-order chi connectivity index (χ1) is 11.5. The highest BCUT2D eigenvalue weighted by molar-refractivity contribution is 5.19. The van der Waals surface area contributed by atoms with Crippen LogP contribution in [0.2, 0.25) is 0 Å². The van der Waals surface area contributed by atoms with Crippen LogP contribution in [-0.4, -0.2) is 27.1 Å². The van der Waals surface area contributed by atoms with E-state index in [1.807, 2.05) is 20.2 Å². The fourth-order valence-corrected chi connectivity index (χ4v) is 2.98. The van der Waals surface area contributed by atoms with Gasteiger partial charge in [-0.3, -0.25) is 4.90 Å². The number of fused-ring (bicyclic) bond motifs is 1. The minimum absolute atomic E-state index is 0.159. The largest absolute Gasteiger partial charge is 0.372 e. The molecule has 0 atom stereocenters. The molecule has 130 valence electrons. The second-order valence-corrected chi connectivity index (χ2v) is 6.50. The van der Waals surface area contributed by atoms with Gasteiger partial charge in [0.1, 0.15) is 0 Å². The van der Waals surface area contributed by atoms with Gasteiger partial charge in [0.05, 0.1) is 30.4 Å². The summed E-state index contributed by atoms with van der Waals surface area (Å²) in [6.07, 6.45) is 3.03. The van der Waals surface area contributed by atoms with Crippen LogP contribution in [0.3, 0.4) is 0 Å². The minimum Gasteiger partial charge on any atom is -0.372 e. The molecule has 0 N–H and O–H groups in total. The Balaban J connectivity index is 1.73. The molecule has 6 heteroatoms. The van der Waals surface area contributed by atoms with Gasteiger partial charge in [-0.15, -0.1) is 0 Å². The second kappa shape index (κ2) is 7.40. The normalized spacial score (nSPS) is 15.5. The van der Waals surface area contributed by atoms with Gasteiger partial charge in [0.25, 0.3) is 0 Å². The number of hydrogen-bond donors (Lipinski definition) is 0. The van der Waals surface area contributed by atoms with Gasteiger partial charge in [-0.05, 0) is 38.0 Å². The summed E-state index contributed by atoms with van der Waals surface area (Å²) in [5, 5.41) is 0. The van der Waals surface area contributed by atoms with E-state index in [-0.39, 0.29) is 6.10 Å². The lowest BCUT2D eigenvalue weighted by atomic mass is 10.2. The molecule has 0 amide bonds. The minimum atomic E-state index is -0.805. The third-order valence-electron chi connectivity index (χ3n) is 4.22. The summed E-state index contributed by atoms with van der Waals surface area (Å²) < 4.78 is 34.4. The Morgan fingerprint density at radius 1 is 1.21 bits per heavy atom. The van der Waals surface area contributed by atoms with Crippen molar-refractivity contribution in [3.05, 3.63) is 53.1 Å². The summed E-state index contributed by atoms with van der Waals surface area (Å²) in [4.78, 5) is 6.72. The van der Waals surface area contributed by atoms with E-state index in [1.165, 1.54) is 12.1 Å². The van der Waals surface area contributed by atoms with E-state index in [1.54, 1.807) is 6.07 Å².